The van der Waals surface area contributed by atoms with Gasteiger partial charge < -0.3 is 9.09 Å². The third-order valence-corrected chi connectivity index (χ3v) is 3.94. The second-order valence-electron chi connectivity index (χ2n) is 5.97. The number of imidazole rings is 1. The van der Waals surface area contributed by atoms with E-state index in [2.05, 4.69) is 35.5 Å². The summed E-state index contributed by atoms with van der Waals surface area (Å²) in [7, 11) is 2.14. The molecule has 1 aliphatic rings. The highest BCUT2D eigenvalue weighted by Crippen LogP contribution is 2.24. The zero-order valence-electron chi connectivity index (χ0n) is 12.7. The summed E-state index contributed by atoms with van der Waals surface area (Å²) in [6, 6.07) is 2.01. The van der Waals surface area contributed by atoms with Crippen LogP contribution >= 0.6 is 0 Å². The maximum Gasteiger partial charge on any atom is 0.150 e. The molecule has 0 radical (unpaired) electrons. The molecule has 0 saturated carbocycles. The van der Waals surface area contributed by atoms with E-state index < -0.39 is 0 Å². The summed E-state index contributed by atoms with van der Waals surface area (Å²) in [5.41, 5.74) is 3.55. The zero-order chi connectivity index (χ0) is 14.3. The van der Waals surface area contributed by atoms with E-state index in [1.54, 1.807) is 0 Å². The van der Waals surface area contributed by atoms with Gasteiger partial charge in [0.1, 0.15) is 5.82 Å². The lowest BCUT2D eigenvalue weighted by molar-refractivity contribution is 0.210. The Hall–Kier alpha value is -1.62. The SMILES string of the molecule is Cc1cc(CN2CCc3c(nc(C(C)C)n3C)C2)on1. The first-order chi connectivity index (χ1) is 9.54. The fraction of sp³-hybridized carbons (Fsp3) is 0.600. The molecule has 5 nitrogen and oxygen atoms in total. The van der Waals surface area contributed by atoms with E-state index in [1.165, 1.54) is 17.2 Å². The molecule has 0 atom stereocenters. The van der Waals surface area contributed by atoms with Crippen LogP contribution in [-0.2, 0) is 26.6 Å². The molecule has 3 heterocycles. The Kier molecular flexibility index (Phi) is 3.38. The minimum absolute atomic E-state index is 0.468. The van der Waals surface area contributed by atoms with Crippen molar-refractivity contribution in [3.05, 3.63) is 34.7 Å². The Bertz CT molecular complexity index is 611. The standard InChI is InChI=1S/C15H22N4O/c1-10(2)15-16-13-9-19(6-5-14(13)18(15)4)8-12-7-11(3)17-20-12/h7,10H,5-6,8-9H2,1-4H3. The van der Waals surface area contributed by atoms with Crippen LogP contribution in [0.2, 0.25) is 0 Å². The van der Waals surface area contributed by atoms with Crippen LogP contribution in [0.25, 0.3) is 0 Å². The molecule has 0 amide bonds. The lowest BCUT2D eigenvalue weighted by Gasteiger charge is -2.25. The van der Waals surface area contributed by atoms with Gasteiger partial charge >= 0.3 is 0 Å². The summed E-state index contributed by atoms with van der Waals surface area (Å²) in [4.78, 5) is 7.20. The first-order valence-corrected chi connectivity index (χ1v) is 7.23. The molecule has 0 saturated heterocycles. The molecule has 2 aromatic heterocycles. The van der Waals surface area contributed by atoms with Gasteiger partial charge in [-0.15, -0.1) is 0 Å². The van der Waals surface area contributed by atoms with Crippen LogP contribution in [-0.4, -0.2) is 26.2 Å². The number of aryl methyl sites for hydroxylation is 1. The van der Waals surface area contributed by atoms with Crippen LogP contribution in [0, 0.1) is 6.92 Å². The zero-order valence-corrected chi connectivity index (χ0v) is 12.7. The quantitative estimate of drug-likeness (QED) is 0.862. The average Bonchev–Trinajstić information content (AvgIpc) is 2.94. The Morgan fingerprint density at radius 3 is 2.85 bits per heavy atom. The molecule has 0 aliphatic carbocycles. The Morgan fingerprint density at radius 2 is 2.20 bits per heavy atom. The highest BCUT2D eigenvalue weighted by molar-refractivity contribution is 5.21. The monoisotopic (exact) mass is 274 g/mol. The molecule has 2 aromatic rings. The number of hydrogen-bond acceptors (Lipinski definition) is 4. The van der Waals surface area contributed by atoms with Gasteiger partial charge in [-0.25, -0.2) is 4.98 Å². The predicted octanol–water partition coefficient (Wildman–Crippen LogP) is 2.40. The molecule has 20 heavy (non-hydrogen) atoms. The number of rotatable bonds is 3. The summed E-state index contributed by atoms with van der Waals surface area (Å²) in [6.07, 6.45) is 1.05. The molecule has 108 valence electrons. The minimum Gasteiger partial charge on any atom is -0.360 e. The number of hydrogen-bond donors (Lipinski definition) is 0. The van der Waals surface area contributed by atoms with E-state index in [0.717, 1.165) is 37.5 Å². The number of nitrogens with zero attached hydrogens (tertiary/aromatic N) is 4. The summed E-state index contributed by atoms with van der Waals surface area (Å²) in [5.74, 6) is 2.59. The maximum absolute atomic E-state index is 5.30. The van der Waals surface area contributed by atoms with Crippen molar-refractivity contribution in [3.63, 3.8) is 0 Å². The van der Waals surface area contributed by atoms with E-state index in [4.69, 9.17) is 9.51 Å². The Balaban J connectivity index is 1.76. The van der Waals surface area contributed by atoms with Gasteiger partial charge in [0.2, 0.25) is 0 Å². The van der Waals surface area contributed by atoms with Crippen molar-refractivity contribution in [2.45, 2.75) is 46.2 Å². The van der Waals surface area contributed by atoms with Gasteiger partial charge in [0, 0.05) is 44.2 Å². The smallest absolute Gasteiger partial charge is 0.150 e. The van der Waals surface area contributed by atoms with Gasteiger partial charge in [-0.3, -0.25) is 4.90 Å². The largest absolute Gasteiger partial charge is 0.360 e. The van der Waals surface area contributed by atoms with E-state index in [-0.39, 0.29) is 0 Å². The first-order valence-electron chi connectivity index (χ1n) is 7.23. The highest BCUT2D eigenvalue weighted by atomic mass is 16.5. The third-order valence-electron chi connectivity index (χ3n) is 3.94. The molecule has 0 unspecified atom stereocenters. The van der Waals surface area contributed by atoms with Gasteiger partial charge in [-0.1, -0.05) is 19.0 Å². The van der Waals surface area contributed by atoms with E-state index in [1.807, 2.05) is 13.0 Å². The molecule has 0 spiro atoms. The lowest BCUT2D eigenvalue weighted by Crippen LogP contribution is -2.30. The van der Waals surface area contributed by atoms with E-state index in [9.17, 15) is 0 Å². The van der Waals surface area contributed by atoms with E-state index in [0.29, 0.717) is 5.92 Å². The van der Waals surface area contributed by atoms with Gasteiger partial charge in [-0.05, 0) is 6.92 Å². The third kappa shape index (κ3) is 2.38. The lowest BCUT2D eigenvalue weighted by atomic mass is 10.1. The molecule has 0 aromatic carbocycles. The molecule has 1 aliphatic heterocycles. The van der Waals surface area contributed by atoms with Crippen LogP contribution < -0.4 is 0 Å². The minimum atomic E-state index is 0.468. The Labute approximate surface area is 119 Å². The summed E-state index contributed by atoms with van der Waals surface area (Å²) in [6.45, 7) is 9.11. The number of aromatic nitrogens is 3. The first kappa shape index (κ1) is 13.4. The predicted molar refractivity (Wildman–Crippen MR) is 76.4 cm³/mol. The molecule has 0 bridgehead atoms. The topological polar surface area (TPSA) is 47.1 Å². The summed E-state index contributed by atoms with van der Waals surface area (Å²) >= 11 is 0. The van der Waals surface area contributed by atoms with Crippen molar-refractivity contribution < 1.29 is 4.52 Å². The van der Waals surface area contributed by atoms with E-state index >= 15 is 0 Å². The maximum atomic E-state index is 5.30. The van der Waals surface area contributed by atoms with Crippen molar-refractivity contribution in [2.75, 3.05) is 6.54 Å². The highest BCUT2D eigenvalue weighted by Gasteiger charge is 2.24. The number of fused-ring (bicyclic) bond motifs is 1. The van der Waals surface area contributed by atoms with Gasteiger partial charge in [0.05, 0.1) is 17.9 Å². The van der Waals surface area contributed by atoms with Crippen LogP contribution in [0.3, 0.4) is 0 Å². The fourth-order valence-electron chi connectivity index (χ4n) is 2.97. The van der Waals surface area contributed by atoms with Crippen molar-refractivity contribution in [2.24, 2.45) is 7.05 Å². The van der Waals surface area contributed by atoms with Gasteiger partial charge in [0.25, 0.3) is 0 Å². The molecule has 3 rings (SSSR count). The molecule has 5 heteroatoms. The van der Waals surface area contributed by atoms with Crippen LogP contribution in [0.1, 0.15) is 48.4 Å². The molecule has 0 N–H and O–H groups in total. The molecular formula is C15H22N4O. The average molecular weight is 274 g/mol. The van der Waals surface area contributed by atoms with Crippen molar-refractivity contribution >= 4 is 0 Å². The van der Waals surface area contributed by atoms with Crippen LogP contribution in [0.15, 0.2) is 10.6 Å². The van der Waals surface area contributed by atoms with Crippen LogP contribution in [0.4, 0.5) is 0 Å². The van der Waals surface area contributed by atoms with Gasteiger partial charge in [0.15, 0.2) is 5.76 Å². The van der Waals surface area contributed by atoms with Crippen molar-refractivity contribution in [1.82, 2.24) is 19.6 Å². The van der Waals surface area contributed by atoms with Crippen LogP contribution in [0.5, 0.6) is 0 Å². The van der Waals surface area contributed by atoms with Crippen molar-refractivity contribution in [3.8, 4) is 0 Å². The Morgan fingerprint density at radius 1 is 1.40 bits per heavy atom. The normalized spacial score (nSPS) is 15.8. The second kappa shape index (κ2) is 5.05. The fourth-order valence-corrected chi connectivity index (χ4v) is 2.97. The summed E-state index contributed by atoms with van der Waals surface area (Å²) in [5, 5.41) is 3.95. The summed E-state index contributed by atoms with van der Waals surface area (Å²) < 4.78 is 7.58. The second-order valence-corrected chi connectivity index (χ2v) is 5.97. The molecular weight excluding hydrogens is 252 g/mol. The van der Waals surface area contributed by atoms with Crippen molar-refractivity contribution in [1.29, 1.82) is 0 Å². The molecule has 0 fully saturated rings. The van der Waals surface area contributed by atoms with Gasteiger partial charge in [-0.2, -0.15) is 0 Å².